The van der Waals surface area contributed by atoms with Crippen molar-refractivity contribution in [3.63, 3.8) is 0 Å². The number of halogens is 1. The van der Waals surface area contributed by atoms with Gasteiger partial charge in [0, 0.05) is 12.7 Å². The molecule has 0 aromatic carbocycles. The Bertz CT molecular complexity index is 263. The van der Waals surface area contributed by atoms with Crippen LogP contribution in [0.15, 0.2) is 6.07 Å². The summed E-state index contributed by atoms with van der Waals surface area (Å²) in [6.45, 7) is 1.91. The van der Waals surface area contributed by atoms with Gasteiger partial charge in [-0.3, -0.25) is 9.48 Å². The molecule has 0 amide bonds. The highest BCUT2D eigenvalue weighted by atomic mass is 35.5. The summed E-state index contributed by atoms with van der Waals surface area (Å²) in [6.07, 6.45) is 0. The van der Waals surface area contributed by atoms with Gasteiger partial charge in [0.05, 0.1) is 6.54 Å². The number of ketones is 1. The van der Waals surface area contributed by atoms with Gasteiger partial charge < -0.3 is 5.73 Å². The first-order chi connectivity index (χ1) is 5.15. The molecule has 0 aliphatic carbocycles. The number of nitrogens with two attached hydrogens (primary N) is 1. The largest absolute Gasteiger partial charge is 0.324 e. The van der Waals surface area contributed by atoms with Gasteiger partial charge >= 0.3 is 0 Å². The Labute approximate surface area is 77.2 Å². The van der Waals surface area contributed by atoms with Crippen LogP contribution in [0.3, 0.4) is 0 Å². The van der Waals surface area contributed by atoms with Crippen molar-refractivity contribution in [2.24, 2.45) is 12.8 Å². The molecule has 0 aliphatic heterocycles. The van der Waals surface area contributed by atoms with Crippen LogP contribution in [-0.4, -0.2) is 22.1 Å². The molecule has 0 saturated heterocycles. The Balaban J connectivity index is 0.00000121. The minimum atomic E-state index is -0.117. The molecule has 2 N–H and O–H groups in total. The van der Waals surface area contributed by atoms with Gasteiger partial charge in [0.15, 0.2) is 5.78 Å². The van der Waals surface area contributed by atoms with E-state index < -0.39 is 0 Å². The van der Waals surface area contributed by atoms with Crippen molar-refractivity contribution in [2.45, 2.75) is 6.92 Å². The Hall–Kier alpha value is -0.870. The quantitative estimate of drug-likeness (QED) is 0.681. The van der Waals surface area contributed by atoms with Crippen LogP contribution >= 0.6 is 12.4 Å². The topological polar surface area (TPSA) is 60.9 Å². The number of hydrogen-bond acceptors (Lipinski definition) is 3. The molecule has 0 fully saturated rings. The van der Waals surface area contributed by atoms with E-state index >= 15 is 0 Å². The summed E-state index contributed by atoms with van der Waals surface area (Å²) in [5.74, 6) is -0.117. The fraction of sp³-hybridized carbons (Fsp3) is 0.429. The number of aromatic nitrogens is 2. The van der Waals surface area contributed by atoms with E-state index in [0.29, 0.717) is 5.69 Å². The molecule has 0 saturated carbocycles. The lowest BCUT2D eigenvalue weighted by Crippen LogP contribution is -2.14. The molecule has 4 nitrogen and oxygen atoms in total. The minimum absolute atomic E-state index is 0. The molecule has 5 heteroatoms. The second kappa shape index (κ2) is 4.23. The number of Topliss-reactive ketones (excluding diaryl/α,β-unsaturated/α-hetero) is 1. The van der Waals surface area contributed by atoms with Crippen molar-refractivity contribution in [3.8, 4) is 0 Å². The zero-order valence-corrected chi connectivity index (χ0v) is 7.89. The first kappa shape index (κ1) is 11.1. The lowest BCUT2D eigenvalue weighted by molar-refractivity contribution is 0.0996. The molecule has 0 radical (unpaired) electrons. The summed E-state index contributed by atoms with van der Waals surface area (Å²) in [5, 5.41) is 3.97. The highest BCUT2D eigenvalue weighted by Crippen LogP contribution is 2.00. The third-order valence-electron chi connectivity index (χ3n) is 1.58. The molecule has 0 bridgehead atoms. The van der Waals surface area contributed by atoms with Crippen LogP contribution in [0.5, 0.6) is 0 Å². The molecular weight excluding hydrogens is 178 g/mol. The van der Waals surface area contributed by atoms with E-state index in [1.165, 1.54) is 0 Å². The average Bonchev–Trinajstić information content (AvgIpc) is 2.31. The molecule has 0 unspecified atom stereocenters. The van der Waals surface area contributed by atoms with Crippen LogP contribution in [-0.2, 0) is 7.05 Å². The Kier molecular flexibility index (Phi) is 3.92. The first-order valence-electron chi connectivity index (χ1n) is 3.39. The van der Waals surface area contributed by atoms with Crippen molar-refractivity contribution >= 4 is 18.2 Å². The van der Waals surface area contributed by atoms with Crippen LogP contribution in [0.4, 0.5) is 0 Å². The second-order valence-electron chi connectivity index (χ2n) is 2.42. The number of rotatable bonds is 2. The van der Waals surface area contributed by atoms with Gasteiger partial charge in [-0.1, -0.05) is 0 Å². The van der Waals surface area contributed by atoms with Gasteiger partial charge in [0.25, 0.3) is 0 Å². The van der Waals surface area contributed by atoms with E-state index in [9.17, 15) is 4.79 Å². The summed E-state index contributed by atoms with van der Waals surface area (Å²) >= 11 is 0. The maximum Gasteiger partial charge on any atom is 0.196 e. The number of hydrogen-bond donors (Lipinski definition) is 1. The van der Waals surface area contributed by atoms with Crippen molar-refractivity contribution in [2.75, 3.05) is 6.54 Å². The van der Waals surface area contributed by atoms with Crippen LogP contribution < -0.4 is 5.73 Å². The highest BCUT2D eigenvalue weighted by molar-refractivity contribution is 5.95. The number of aryl methyl sites for hydroxylation is 2. The molecule has 1 aromatic rings. The Morgan fingerprint density at radius 2 is 2.33 bits per heavy atom. The molecule has 0 spiro atoms. The molecular formula is C7H12ClN3O. The van der Waals surface area contributed by atoms with Crippen molar-refractivity contribution < 1.29 is 4.79 Å². The summed E-state index contributed by atoms with van der Waals surface area (Å²) in [4.78, 5) is 11.0. The smallest absolute Gasteiger partial charge is 0.196 e. The standard InChI is InChI=1S/C7H11N3O.ClH/c1-5-3-6(7(11)4-8)9-10(5)2;/h3H,4,8H2,1-2H3;1H. The van der Waals surface area contributed by atoms with E-state index in [4.69, 9.17) is 5.73 Å². The molecule has 1 aromatic heterocycles. The summed E-state index contributed by atoms with van der Waals surface area (Å²) < 4.78 is 1.66. The van der Waals surface area contributed by atoms with Crippen molar-refractivity contribution in [1.29, 1.82) is 0 Å². The summed E-state index contributed by atoms with van der Waals surface area (Å²) in [5.41, 5.74) is 6.58. The molecule has 0 aliphatic rings. The Morgan fingerprint density at radius 1 is 1.75 bits per heavy atom. The van der Waals surface area contributed by atoms with E-state index in [1.807, 2.05) is 6.92 Å². The van der Waals surface area contributed by atoms with Gasteiger partial charge in [-0.2, -0.15) is 5.10 Å². The zero-order valence-electron chi connectivity index (χ0n) is 7.07. The van der Waals surface area contributed by atoms with E-state index in [-0.39, 0.29) is 24.7 Å². The van der Waals surface area contributed by atoms with Crippen LogP contribution in [0.25, 0.3) is 0 Å². The molecule has 0 atom stereocenters. The van der Waals surface area contributed by atoms with Crippen LogP contribution in [0.2, 0.25) is 0 Å². The highest BCUT2D eigenvalue weighted by Gasteiger charge is 2.07. The van der Waals surface area contributed by atoms with E-state index in [0.717, 1.165) is 5.69 Å². The first-order valence-corrected chi connectivity index (χ1v) is 3.39. The van der Waals surface area contributed by atoms with Crippen molar-refractivity contribution in [1.82, 2.24) is 9.78 Å². The summed E-state index contributed by atoms with van der Waals surface area (Å²) in [7, 11) is 1.79. The van der Waals surface area contributed by atoms with E-state index in [2.05, 4.69) is 5.10 Å². The van der Waals surface area contributed by atoms with Gasteiger partial charge in [-0.15, -0.1) is 12.4 Å². The predicted molar refractivity (Wildman–Crippen MR) is 48.6 cm³/mol. The minimum Gasteiger partial charge on any atom is -0.324 e. The van der Waals surface area contributed by atoms with E-state index in [1.54, 1.807) is 17.8 Å². The maximum absolute atomic E-state index is 11.0. The number of carbonyl (C=O) groups excluding carboxylic acids is 1. The molecule has 68 valence electrons. The fourth-order valence-corrected chi connectivity index (χ4v) is 0.801. The fourth-order valence-electron chi connectivity index (χ4n) is 0.801. The average molecular weight is 190 g/mol. The van der Waals surface area contributed by atoms with Gasteiger partial charge in [-0.25, -0.2) is 0 Å². The lowest BCUT2D eigenvalue weighted by Gasteiger charge is -1.89. The van der Waals surface area contributed by atoms with Crippen LogP contribution in [0, 0.1) is 6.92 Å². The van der Waals surface area contributed by atoms with Gasteiger partial charge in [0.2, 0.25) is 0 Å². The van der Waals surface area contributed by atoms with Crippen LogP contribution in [0.1, 0.15) is 16.2 Å². The maximum atomic E-state index is 11.0. The Morgan fingerprint density at radius 3 is 2.67 bits per heavy atom. The normalized spacial score (nSPS) is 9.25. The number of nitrogens with zero attached hydrogens (tertiary/aromatic N) is 2. The molecule has 1 heterocycles. The monoisotopic (exact) mass is 189 g/mol. The number of carbonyl (C=O) groups is 1. The third kappa shape index (κ3) is 2.06. The second-order valence-corrected chi connectivity index (χ2v) is 2.42. The summed E-state index contributed by atoms with van der Waals surface area (Å²) in [6, 6.07) is 1.73. The van der Waals surface area contributed by atoms with Gasteiger partial charge in [0.1, 0.15) is 5.69 Å². The third-order valence-corrected chi connectivity index (χ3v) is 1.58. The molecule has 12 heavy (non-hydrogen) atoms. The van der Waals surface area contributed by atoms with Crippen molar-refractivity contribution in [3.05, 3.63) is 17.5 Å². The predicted octanol–water partition coefficient (Wildman–Crippen LogP) is 0.292. The zero-order chi connectivity index (χ0) is 8.43. The lowest BCUT2D eigenvalue weighted by atomic mass is 10.3. The molecule has 1 rings (SSSR count). The SMILES string of the molecule is Cc1cc(C(=O)CN)nn1C.Cl. The van der Waals surface area contributed by atoms with Gasteiger partial charge in [-0.05, 0) is 13.0 Å².